The Morgan fingerprint density at radius 1 is 1.04 bits per heavy atom. The third-order valence-corrected chi connectivity index (χ3v) is 4.92. The van der Waals surface area contributed by atoms with Crippen LogP contribution in [0.1, 0.15) is 22.8 Å². The number of carbonyl (C=O) groups is 1. The number of amides is 1. The average Bonchev–Trinajstić information content (AvgIpc) is 2.70. The van der Waals surface area contributed by atoms with E-state index in [9.17, 15) is 4.79 Å². The van der Waals surface area contributed by atoms with Crippen molar-refractivity contribution in [3.05, 3.63) is 84.1 Å². The van der Waals surface area contributed by atoms with Gasteiger partial charge in [-0.25, -0.2) is 4.98 Å². The van der Waals surface area contributed by atoms with Crippen LogP contribution in [0.15, 0.2) is 82.8 Å². The molecule has 4 nitrogen and oxygen atoms in total. The molecule has 138 valence electrons. The first-order valence-electron chi connectivity index (χ1n) is 8.82. The summed E-state index contributed by atoms with van der Waals surface area (Å²) in [4.78, 5) is 19.7. The van der Waals surface area contributed by atoms with Gasteiger partial charge in [-0.1, -0.05) is 30.0 Å². The van der Waals surface area contributed by atoms with Crippen LogP contribution >= 0.6 is 11.8 Å². The smallest absolute Gasteiger partial charge is 0.253 e. The van der Waals surface area contributed by atoms with Gasteiger partial charge in [-0.3, -0.25) is 4.79 Å². The molecule has 3 rings (SSSR count). The molecule has 5 heteroatoms. The first-order valence-corrected chi connectivity index (χ1v) is 9.63. The molecule has 1 aromatic heterocycles. The van der Waals surface area contributed by atoms with Crippen LogP contribution in [0.4, 0.5) is 0 Å². The lowest BCUT2D eigenvalue weighted by molar-refractivity contribution is 0.0785. The highest BCUT2D eigenvalue weighted by molar-refractivity contribution is 7.99. The molecule has 0 N–H and O–H groups in total. The zero-order chi connectivity index (χ0) is 19.1. The largest absolute Gasteiger partial charge is 0.494 e. The average molecular weight is 378 g/mol. The topological polar surface area (TPSA) is 42.4 Å². The molecule has 0 aliphatic heterocycles. The van der Waals surface area contributed by atoms with Gasteiger partial charge >= 0.3 is 0 Å². The van der Waals surface area contributed by atoms with E-state index < -0.39 is 0 Å². The van der Waals surface area contributed by atoms with Crippen molar-refractivity contribution >= 4 is 17.7 Å². The van der Waals surface area contributed by atoms with Crippen molar-refractivity contribution in [1.29, 1.82) is 0 Å². The van der Waals surface area contributed by atoms with Gasteiger partial charge < -0.3 is 9.64 Å². The Morgan fingerprint density at radius 2 is 1.78 bits per heavy atom. The van der Waals surface area contributed by atoms with E-state index in [0.29, 0.717) is 18.7 Å². The van der Waals surface area contributed by atoms with Crippen LogP contribution in [0.5, 0.6) is 5.75 Å². The van der Waals surface area contributed by atoms with Crippen molar-refractivity contribution in [2.45, 2.75) is 23.4 Å². The molecule has 1 heterocycles. The standard InChI is InChI=1S/C22H22N2O2S/c1-3-26-19-11-7-17(8-12-19)16-24(2)22(25)18-9-13-20(14-10-18)27-21-6-4-5-15-23-21/h4-15H,3,16H2,1-2H3. The van der Waals surface area contributed by atoms with E-state index in [-0.39, 0.29) is 5.91 Å². The van der Waals surface area contributed by atoms with Gasteiger partial charge in [0.15, 0.2) is 0 Å². The number of ether oxygens (including phenoxy) is 1. The van der Waals surface area contributed by atoms with Gasteiger partial charge in [0.25, 0.3) is 5.91 Å². The molecule has 2 aromatic carbocycles. The lowest BCUT2D eigenvalue weighted by Gasteiger charge is -2.18. The zero-order valence-corrected chi connectivity index (χ0v) is 16.3. The van der Waals surface area contributed by atoms with Crippen LogP contribution in [-0.4, -0.2) is 29.4 Å². The summed E-state index contributed by atoms with van der Waals surface area (Å²) in [5.74, 6) is 0.842. The molecule has 0 atom stereocenters. The zero-order valence-electron chi connectivity index (χ0n) is 15.5. The van der Waals surface area contributed by atoms with Crippen LogP contribution in [0, 0.1) is 0 Å². The van der Waals surface area contributed by atoms with Crippen molar-refractivity contribution in [3.63, 3.8) is 0 Å². The summed E-state index contributed by atoms with van der Waals surface area (Å²) in [6.07, 6.45) is 1.77. The molecule has 1 amide bonds. The van der Waals surface area contributed by atoms with Crippen molar-refractivity contribution in [2.75, 3.05) is 13.7 Å². The van der Waals surface area contributed by atoms with Gasteiger partial charge in [-0.2, -0.15) is 0 Å². The summed E-state index contributed by atoms with van der Waals surface area (Å²) >= 11 is 1.58. The minimum absolute atomic E-state index is 0.00160. The predicted octanol–water partition coefficient (Wildman–Crippen LogP) is 4.90. The minimum atomic E-state index is -0.00160. The summed E-state index contributed by atoms with van der Waals surface area (Å²) in [5.41, 5.74) is 1.74. The Hall–Kier alpha value is -2.79. The van der Waals surface area contributed by atoms with E-state index >= 15 is 0 Å². The summed E-state index contributed by atoms with van der Waals surface area (Å²) in [5, 5.41) is 0.934. The molecule has 27 heavy (non-hydrogen) atoms. The second-order valence-corrected chi connectivity index (χ2v) is 7.13. The maximum absolute atomic E-state index is 12.7. The van der Waals surface area contributed by atoms with E-state index in [0.717, 1.165) is 21.2 Å². The van der Waals surface area contributed by atoms with Crippen molar-refractivity contribution in [3.8, 4) is 5.75 Å². The van der Waals surface area contributed by atoms with Crippen LogP contribution < -0.4 is 4.74 Å². The molecule has 0 spiro atoms. The lowest BCUT2D eigenvalue weighted by Crippen LogP contribution is -2.26. The molecule has 0 saturated heterocycles. The second-order valence-electron chi connectivity index (χ2n) is 6.03. The van der Waals surface area contributed by atoms with Gasteiger partial charge in [0.1, 0.15) is 10.8 Å². The highest BCUT2D eigenvalue weighted by Gasteiger charge is 2.12. The van der Waals surface area contributed by atoms with Crippen LogP contribution in [-0.2, 0) is 6.54 Å². The van der Waals surface area contributed by atoms with E-state index in [1.54, 1.807) is 22.9 Å². The fraction of sp³-hybridized carbons (Fsp3) is 0.182. The number of aromatic nitrogens is 1. The van der Waals surface area contributed by atoms with Crippen molar-refractivity contribution < 1.29 is 9.53 Å². The number of hydrogen-bond donors (Lipinski definition) is 0. The Morgan fingerprint density at radius 3 is 2.41 bits per heavy atom. The molecule has 3 aromatic rings. The van der Waals surface area contributed by atoms with E-state index in [1.807, 2.05) is 80.7 Å². The van der Waals surface area contributed by atoms with Gasteiger partial charge in [0.05, 0.1) is 6.61 Å². The van der Waals surface area contributed by atoms with Gasteiger partial charge in [0, 0.05) is 30.2 Å². The first kappa shape index (κ1) is 19.0. The summed E-state index contributed by atoms with van der Waals surface area (Å²) in [6.45, 7) is 3.16. The SMILES string of the molecule is CCOc1ccc(CN(C)C(=O)c2ccc(Sc3ccccn3)cc2)cc1. The molecule has 0 fully saturated rings. The Kier molecular flexibility index (Phi) is 6.49. The Bertz CT molecular complexity index is 865. The number of carbonyl (C=O) groups excluding carboxylic acids is 1. The Balaban J connectivity index is 1.60. The van der Waals surface area contributed by atoms with Gasteiger partial charge in [-0.05, 0) is 61.0 Å². The third-order valence-electron chi connectivity index (χ3n) is 3.96. The highest BCUT2D eigenvalue weighted by atomic mass is 32.2. The van der Waals surface area contributed by atoms with Crippen LogP contribution in [0.25, 0.3) is 0 Å². The molecule has 0 unspecified atom stereocenters. The van der Waals surface area contributed by atoms with Gasteiger partial charge in [0.2, 0.25) is 0 Å². The maximum atomic E-state index is 12.7. The second kappa shape index (κ2) is 9.24. The number of rotatable bonds is 7. The summed E-state index contributed by atoms with van der Waals surface area (Å²) in [6, 6.07) is 21.3. The number of pyridine rings is 1. The molecule has 0 radical (unpaired) electrons. The maximum Gasteiger partial charge on any atom is 0.253 e. The van der Waals surface area contributed by atoms with Crippen molar-refractivity contribution in [1.82, 2.24) is 9.88 Å². The Labute approximate surface area is 164 Å². The molecule has 0 saturated carbocycles. The van der Waals surface area contributed by atoms with E-state index in [1.165, 1.54) is 0 Å². The van der Waals surface area contributed by atoms with Crippen LogP contribution in [0.3, 0.4) is 0 Å². The lowest BCUT2D eigenvalue weighted by atomic mass is 10.1. The monoisotopic (exact) mass is 378 g/mol. The fourth-order valence-corrected chi connectivity index (χ4v) is 3.39. The predicted molar refractivity (Wildman–Crippen MR) is 108 cm³/mol. The number of nitrogens with zero attached hydrogens (tertiary/aromatic N) is 2. The molecule has 0 aliphatic rings. The van der Waals surface area contributed by atoms with Gasteiger partial charge in [-0.15, -0.1) is 0 Å². The minimum Gasteiger partial charge on any atom is -0.494 e. The molecule has 0 bridgehead atoms. The third kappa shape index (κ3) is 5.34. The quantitative estimate of drug-likeness (QED) is 0.586. The normalized spacial score (nSPS) is 10.4. The molecular weight excluding hydrogens is 356 g/mol. The van der Waals surface area contributed by atoms with Crippen molar-refractivity contribution in [2.24, 2.45) is 0 Å². The highest BCUT2D eigenvalue weighted by Crippen LogP contribution is 2.26. The molecular formula is C22H22N2O2S. The summed E-state index contributed by atoms with van der Waals surface area (Å²) in [7, 11) is 1.81. The fourth-order valence-electron chi connectivity index (χ4n) is 2.62. The van der Waals surface area contributed by atoms with Crippen LogP contribution in [0.2, 0.25) is 0 Å². The van der Waals surface area contributed by atoms with E-state index in [2.05, 4.69) is 4.98 Å². The first-order chi connectivity index (χ1) is 13.2. The molecule has 0 aliphatic carbocycles. The number of hydrogen-bond acceptors (Lipinski definition) is 4. The van der Waals surface area contributed by atoms with E-state index in [4.69, 9.17) is 4.74 Å². The summed E-state index contributed by atoms with van der Waals surface area (Å²) < 4.78 is 5.45. The number of benzene rings is 2.